The number of ether oxygens (including phenoxy) is 1. The fraction of sp³-hybridized carbons (Fsp3) is 0.364. The Morgan fingerprint density at radius 3 is 2.56 bits per heavy atom. The molecule has 0 saturated carbocycles. The van der Waals surface area contributed by atoms with Gasteiger partial charge >= 0.3 is 0 Å². The van der Waals surface area contributed by atoms with E-state index in [9.17, 15) is 9.59 Å². The van der Waals surface area contributed by atoms with E-state index in [0.717, 1.165) is 29.0 Å². The summed E-state index contributed by atoms with van der Waals surface area (Å²) < 4.78 is 5.44. The van der Waals surface area contributed by atoms with Gasteiger partial charge in [-0.1, -0.05) is 37.3 Å². The average Bonchev–Trinajstić information content (AvgIpc) is 3.08. The monoisotopic (exact) mass is 366 g/mol. The minimum absolute atomic E-state index is 0.0217. The molecule has 142 valence electrons. The molecule has 0 bridgehead atoms. The number of para-hydroxylation sites is 1. The first-order valence-corrected chi connectivity index (χ1v) is 9.53. The van der Waals surface area contributed by atoms with Crippen LogP contribution in [0.5, 0.6) is 5.75 Å². The topological polar surface area (TPSA) is 58.6 Å². The van der Waals surface area contributed by atoms with Crippen molar-refractivity contribution in [2.24, 2.45) is 0 Å². The van der Waals surface area contributed by atoms with E-state index in [4.69, 9.17) is 4.74 Å². The molecule has 2 aromatic carbocycles. The molecule has 1 N–H and O–H groups in total. The number of amides is 2. The standard InChI is InChI=1S/C22H26N2O3/c1-3-21(25)24-19-8-6-5-7-17(19)15-20(24)22(26)23-14-13-16-9-11-18(12-10-16)27-4-2/h5-12,20H,3-4,13-15H2,1-2H3,(H,23,26)/t20-/m1/s1. The van der Waals surface area contributed by atoms with Crippen LogP contribution in [0.25, 0.3) is 0 Å². The van der Waals surface area contributed by atoms with E-state index in [1.807, 2.05) is 62.4 Å². The highest BCUT2D eigenvalue weighted by atomic mass is 16.5. The summed E-state index contributed by atoms with van der Waals surface area (Å²) in [6.45, 7) is 4.96. The summed E-state index contributed by atoms with van der Waals surface area (Å²) in [5, 5.41) is 2.99. The lowest BCUT2D eigenvalue weighted by Gasteiger charge is -2.24. The van der Waals surface area contributed by atoms with Crippen molar-refractivity contribution in [1.29, 1.82) is 0 Å². The minimum atomic E-state index is -0.463. The summed E-state index contributed by atoms with van der Waals surface area (Å²) in [4.78, 5) is 26.8. The van der Waals surface area contributed by atoms with Crippen molar-refractivity contribution in [3.05, 3.63) is 59.7 Å². The van der Waals surface area contributed by atoms with Crippen LogP contribution in [0.1, 0.15) is 31.4 Å². The number of nitrogens with one attached hydrogen (secondary N) is 1. The van der Waals surface area contributed by atoms with E-state index in [1.54, 1.807) is 4.90 Å². The second-order valence-corrected chi connectivity index (χ2v) is 6.58. The summed E-state index contributed by atoms with van der Waals surface area (Å²) in [6.07, 6.45) is 1.68. The van der Waals surface area contributed by atoms with Gasteiger partial charge in [-0.2, -0.15) is 0 Å². The van der Waals surface area contributed by atoms with Crippen LogP contribution in [0.4, 0.5) is 5.69 Å². The van der Waals surface area contributed by atoms with Gasteiger partial charge in [0.15, 0.2) is 0 Å². The molecule has 0 unspecified atom stereocenters. The lowest BCUT2D eigenvalue weighted by Crippen LogP contribution is -2.48. The summed E-state index contributed by atoms with van der Waals surface area (Å²) in [5.41, 5.74) is 3.04. The van der Waals surface area contributed by atoms with Crippen molar-refractivity contribution < 1.29 is 14.3 Å². The van der Waals surface area contributed by atoms with Crippen LogP contribution in [0, 0.1) is 0 Å². The van der Waals surface area contributed by atoms with Crippen LogP contribution in [0.3, 0.4) is 0 Å². The van der Waals surface area contributed by atoms with Crippen LogP contribution in [0.2, 0.25) is 0 Å². The molecule has 5 heteroatoms. The van der Waals surface area contributed by atoms with Gasteiger partial charge in [-0.3, -0.25) is 14.5 Å². The second kappa shape index (κ2) is 8.71. The summed E-state index contributed by atoms with van der Waals surface area (Å²) in [7, 11) is 0. The van der Waals surface area contributed by atoms with Gasteiger partial charge in [-0.05, 0) is 42.7 Å². The second-order valence-electron chi connectivity index (χ2n) is 6.58. The van der Waals surface area contributed by atoms with Gasteiger partial charge in [0.2, 0.25) is 11.8 Å². The van der Waals surface area contributed by atoms with Crippen molar-refractivity contribution in [2.45, 2.75) is 39.2 Å². The summed E-state index contributed by atoms with van der Waals surface area (Å²) in [6, 6.07) is 15.2. The smallest absolute Gasteiger partial charge is 0.243 e. The number of anilines is 1. The number of carbonyl (C=O) groups excluding carboxylic acids is 2. The molecule has 3 rings (SSSR count). The maximum absolute atomic E-state index is 12.7. The Balaban J connectivity index is 1.59. The fourth-order valence-electron chi connectivity index (χ4n) is 3.44. The molecule has 1 atom stereocenters. The van der Waals surface area contributed by atoms with Gasteiger partial charge in [0.1, 0.15) is 11.8 Å². The molecule has 1 aliphatic rings. The fourth-order valence-corrected chi connectivity index (χ4v) is 3.44. The number of carbonyl (C=O) groups is 2. The van der Waals surface area contributed by atoms with Crippen molar-refractivity contribution in [2.75, 3.05) is 18.1 Å². The van der Waals surface area contributed by atoms with E-state index in [-0.39, 0.29) is 11.8 Å². The lowest BCUT2D eigenvalue weighted by molar-refractivity contribution is -0.126. The number of hydrogen-bond donors (Lipinski definition) is 1. The molecule has 5 nitrogen and oxygen atoms in total. The molecule has 0 radical (unpaired) electrons. The lowest BCUT2D eigenvalue weighted by atomic mass is 10.1. The first kappa shape index (κ1) is 19.0. The molecule has 1 heterocycles. The zero-order valence-corrected chi connectivity index (χ0v) is 15.9. The number of nitrogens with zero attached hydrogens (tertiary/aromatic N) is 1. The highest BCUT2D eigenvalue weighted by Crippen LogP contribution is 2.32. The molecular formula is C22H26N2O3. The molecule has 2 aromatic rings. The first-order chi connectivity index (χ1) is 13.1. The van der Waals surface area contributed by atoms with E-state index < -0.39 is 6.04 Å². The van der Waals surface area contributed by atoms with Crippen molar-refractivity contribution in [1.82, 2.24) is 5.32 Å². The molecule has 0 spiro atoms. The van der Waals surface area contributed by atoms with Gasteiger partial charge in [-0.15, -0.1) is 0 Å². The van der Waals surface area contributed by atoms with E-state index in [0.29, 0.717) is 26.0 Å². The Morgan fingerprint density at radius 1 is 1.11 bits per heavy atom. The first-order valence-electron chi connectivity index (χ1n) is 9.53. The average molecular weight is 366 g/mol. The molecule has 0 aliphatic carbocycles. The van der Waals surface area contributed by atoms with Crippen LogP contribution < -0.4 is 15.0 Å². The largest absolute Gasteiger partial charge is 0.494 e. The summed E-state index contributed by atoms with van der Waals surface area (Å²) >= 11 is 0. The molecular weight excluding hydrogens is 340 g/mol. The maximum atomic E-state index is 12.7. The Bertz CT molecular complexity index is 801. The van der Waals surface area contributed by atoms with E-state index in [1.165, 1.54) is 0 Å². The third-order valence-electron chi connectivity index (χ3n) is 4.80. The zero-order valence-electron chi connectivity index (χ0n) is 15.9. The third-order valence-corrected chi connectivity index (χ3v) is 4.80. The number of hydrogen-bond acceptors (Lipinski definition) is 3. The quantitative estimate of drug-likeness (QED) is 0.819. The van der Waals surface area contributed by atoms with E-state index >= 15 is 0 Å². The maximum Gasteiger partial charge on any atom is 0.243 e. The Hall–Kier alpha value is -2.82. The SMILES string of the molecule is CCOc1ccc(CCNC(=O)[C@H]2Cc3ccccc3N2C(=O)CC)cc1. The highest BCUT2D eigenvalue weighted by Gasteiger charge is 2.37. The van der Waals surface area contributed by atoms with Gasteiger partial charge in [0.05, 0.1) is 6.61 Å². The van der Waals surface area contributed by atoms with Crippen LogP contribution in [-0.4, -0.2) is 31.0 Å². The molecule has 0 aromatic heterocycles. The Kier molecular flexibility index (Phi) is 6.12. The van der Waals surface area contributed by atoms with Gasteiger partial charge < -0.3 is 10.1 Å². The van der Waals surface area contributed by atoms with Gasteiger partial charge in [0, 0.05) is 25.1 Å². The highest BCUT2D eigenvalue weighted by molar-refractivity contribution is 6.03. The predicted octanol–water partition coefficient (Wildman–Crippen LogP) is 3.11. The van der Waals surface area contributed by atoms with Crippen molar-refractivity contribution in [3.8, 4) is 5.75 Å². The number of fused-ring (bicyclic) bond motifs is 1. The summed E-state index contributed by atoms with van der Waals surface area (Å²) in [5.74, 6) is 0.730. The van der Waals surface area contributed by atoms with Crippen molar-refractivity contribution >= 4 is 17.5 Å². The normalized spacial score (nSPS) is 15.3. The van der Waals surface area contributed by atoms with Crippen LogP contribution in [0.15, 0.2) is 48.5 Å². The number of benzene rings is 2. The van der Waals surface area contributed by atoms with Crippen LogP contribution in [-0.2, 0) is 22.4 Å². The molecule has 0 saturated heterocycles. The molecule has 0 fully saturated rings. The molecule has 1 aliphatic heterocycles. The van der Waals surface area contributed by atoms with Gasteiger partial charge in [-0.25, -0.2) is 0 Å². The number of rotatable bonds is 7. The van der Waals surface area contributed by atoms with Gasteiger partial charge in [0.25, 0.3) is 0 Å². The third kappa shape index (κ3) is 4.30. The minimum Gasteiger partial charge on any atom is -0.494 e. The Morgan fingerprint density at radius 2 is 1.85 bits per heavy atom. The molecule has 2 amide bonds. The van der Waals surface area contributed by atoms with E-state index in [2.05, 4.69) is 5.32 Å². The Labute approximate surface area is 160 Å². The molecule has 27 heavy (non-hydrogen) atoms. The van der Waals surface area contributed by atoms with Crippen molar-refractivity contribution in [3.63, 3.8) is 0 Å². The van der Waals surface area contributed by atoms with Crippen LogP contribution >= 0.6 is 0 Å². The predicted molar refractivity (Wildman–Crippen MR) is 106 cm³/mol. The zero-order chi connectivity index (χ0) is 19.2.